The van der Waals surface area contributed by atoms with Crippen LogP contribution in [0.25, 0.3) is 22.3 Å². The van der Waals surface area contributed by atoms with Crippen LogP contribution in [0.15, 0.2) is 97.1 Å². The number of rotatable bonds is 3. The van der Waals surface area contributed by atoms with Crippen molar-refractivity contribution in [2.45, 2.75) is 6.42 Å². The molecule has 0 unspecified atom stereocenters. The van der Waals surface area contributed by atoms with Gasteiger partial charge in [0, 0.05) is 16.9 Å². The molecule has 1 N–H and O–H groups in total. The summed E-state index contributed by atoms with van der Waals surface area (Å²) >= 11 is 0. The maximum atomic E-state index is 3.63. The Morgan fingerprint density at radius 3 is 2.08 bits per heavy atom. The van der Waals surface area contributed by atoms with E-state index in [1.54, 1.807) is 0 Å². The summed E-state index contributed by atoms with van der Waals surface area (Å²) in [7, 11) is 0. The lowest BCUT2D eigenvalue weighted by molar-refractivity contribution is 1.26. The monoisotopic (exact) mass is 333 g/mol. The fourth-order valence-corrected chi connectivity index (χ4v) is 3.93. The Hall–Kier alpha value is -3.32. The standard InChI is InChI=1S/C25H19N/c1-3-9-18(10-4-1)25-23-17-19-11-7-8-14-21(19)22(23)15-16-24(25)26-20-12-5-2-6-13-20/h1-16,26H,17H2. The largest absolute Gasteiger partial charge is 0.355 e. The predicted octanol–water partition coefficient (Wildman–Crippen LogP) is 6.67. The molecule has 0 aromatic heterocycles. The topological polar surface area (TPSA) is 12.0 Å². The maximum absolute atomic E-state index is 3.63. The molecular weight excluding hydrogens is 314 g/mol. The highest BCUT2D eigenvalue weighted by Gasteiger charge is 2.23. The summed E-state index contributed by atoms with van der Waals surface area (Å²) in [5.41, 5.74) is 10.4. The van der Waals surface area contributed by atoms with Gasteiger partial charge in [0.05, 0.1) is 0 Å². The minimum Gasteiger partial charge on any atom is -0.355 e. The van der Waals surface area contributed by atoms with Crippen LogP contribution in [0.2, 0.25) is 0 Å². The third kappa shape index (κ3) is 2.49. The van der Waals surface area contributed by atoms with Gasteiger partial charge in [0.1, 0.15) is 0 Å². The van der Waals surface area contributed by atoms with Crippen LogP contribution in [0.1, 0.15) is 11.1 Å². The lowest BCUT2D eigenvalue weighted by atomic mass is 9.93. The number of para-hydroxylation sites is 1. The summed E-state index contributed by atoms with van der Waals surface area (Å²) in [5, 5.41) is 3.63. The van der Waals surface area contributed by atoms with Gasteiger partial charge in [-0.1, -0.05) is 78.9 Å². The van der Waals surface area contributed by atoms with E-state index in [2.05, 4.69) is 96.3 Å². The molecule has 0 saturated heterocycles. The van der Waals surface area contributed by atoms with Gasteiger partial charge in [0.25, 0.3) is 0 Å². The molecule has 0 bridgehead atoms. The molecule has 4 aromatic rings. The van der Waals surface area contributed by atoms with Crippen molar-refractivity contribution in [3.63, 3.8) is 0 Å². The smallest absolute Gasteiger partial charge is 0.0467 e. The SMILES string of the molecule is c1ccc(Nc2ccc3c(c2-c2ccccc2)Cc2ccccc2-3)cc1. The minimum atomic E-state index is 0.986. The minimum absolute atomic E-state index is 0.986. The predicted molar refractivity (Wildman–Crippen MR) is 110 cm³/mol. The average Bonchev–Trinajstić information content (AvgIpc) is 3.08. The molecule has 0 radical (unpaired) electrons. The second kappa shape index (κ2) is 6.20. The van der Waals surface area contributed by atoms with Crippen LogP contribution in [-0.2, 0) is 6.42 Å². The van der Waals surface area contributed by atoms with Crippen LogP contribution < -0.4 is 5.32 Å². The number of hydrogen-bond acceptors (Lipinski definition) is 1. The third-order valence-electron chi connectivity index (χ3n) is 5.10. The first kappa shape index (κ1) is 15.0. The van der Waals surface area contributed by atoms with E-state index < -0.39 is 0 Å². The molecule has 0 aliphatic heterocycles. The fourth-order valence-electron chi connectivity index (χ4n) is 3.93. The summed E-state index contributed by atoms with van der Waals surface area (Å²) in [6, 6.07) is 34.3. The maximum Gasteiger partial charge on any atom is 0.0467 e. The Labute approximate surface area is 154 Å². The quantitative estimate of drug-likeness (QED) is 0.389. The molecule has 1 nitrogen and oxygen atoms in total. The van der Waals surface area contributed by atoms with E-state index in [-0.39, 0.29) is 0 Å². The van der Waals surface area contributed by atoms with Crippen molar-refractivity contribution in [1.29, 1.82) is 0 Å². The average molecular weight is 333 g/mol. The molecule has 1 aliphatic carbocycles. The van der Waals surface area contributed by atoms with Gasteiger partial charge in [-0.2, -0.15) is 0 Å². The van der Waals surface area contributed by atoms with Crippen LogP contribution in [0.4, 0.5) is 11.4 Å². The Morgan fingerprint density at radius 1 is 0.577 bits per heavy atom. The summed E-state index contributed by atoms with van der Waals surface area (Å²) in [6.07, 6.45) is 0.986. The second-order valence-electron chi connectivity index (χ2n) is 6.71. The van der Waals surface area contributed by atoms with Crippen molar-refractivity contribution in [2.75, 3.05) is 5.32 Å². The molecule has 0 atom stereocenters. The molecule has 1 heteroatoms. The lowest BCUT2D eigenvalue weighted by Crippen LogP contribution is -1.97. The van der Waals surface area contributed by atoms with Crippen LogP contribution >= 0.6 is 0 Å². The van der Waals surface area contributed by atoms with Crippen molar-refractivity contribution >= 4 is 11.4 Å². The van der Waals surface area contributed by atoms with E-state index in [0.717, 1.165) is 17.8 Å². The van der Waals surface area contributed by atoms with E-state index in [1.165, 1.54) is 33.4 Å². The highest BCUT2D eigenvalue weighted by Crippen LogP contribution is 2.45. The summed E-state index contributed by atoms with van der Waals surface area (Å²) in [4.78, 5) is 0. The number of nitrogens with one attached hydrogen (secondary N) is 1. The zero-order chi connectivity index (χ0) is 17.3. The molecular formula is C25H19N. The number of hydrogen-bond donors (Lipinski definition) is 1. The number of anilines is 2. The van der Waals surface area contributed by atoms with Gasteiger partial charge in [0.15, 0.2) is 0 Å². The fraction of sp³-hybridized carbons (Fsp3) is 0.0400. The molecule has 0 amide bonds. The Bertz CT molecular complexity index is 1070. The highest BCUT2D eigenvalue weighted by atomic mass is 14.9. The normalized spacial score (nSPS) is 11.7. The Morgan fingerprint density at radius 2 is 1.27 bits per heavy atom. The van der Waals surface area contributed by atoms with Crippen molar-refractivity contribution < 1.29 is 0 Å². The first-order valence-corrected chi connectivity index (χ1v) is 9.02. The third-order valence-corrected chi connectivity index (χ3v) is 5.10. The lowest BCUT2D eigenvalue weighted by Gasteiger charge is -2.17. The van der Waals surface area contributed by atoms with Gasteiger partial charge in [-0.15, -0.1) is 0 Å². The second-order valence-corrected chi connectivity index (χ2v) is 6.71. The Balaban J connectivity index is 1.71. The number of benzene rings is 4. The molecule has 4 aromatic carbocycles. The van der Waals surface area contributed by atoms with Gasteiger partial charge in [-0.05, 0) is 52.4 Å². The van der Waals surface area contributed by atoms with E-state index in [1.807, 2.05) is 6.07 Å². The van der Waals surface area contributed by atoms with E-state index >= 15 is 0 Å². The number of fused-ring (bicyclic) bond motifs is 3. The zero-order valence-corrected chi connectivity index (χ0v) is 14.4. The van der Waals surface area contributed by atoms with Crippen molar-refractivity contribution in [3.05, 3.63) is 108 Å². The van der Waals surface area contributed by atoms with Crippen LogP contribution in [0, 0.1) is 0 Å². The molecule has 5 rings (SSSR count). The van der Waals surface area contributed by atoms with Gasteiger partial charge >= 0.3 is 0 Å². The highest BCUT2D eigenvalue weighted by molar-refractivity contribution is 5.92. The first-order chi connectivity index (χ1) is 12.9. The van der Waals surface area contributed by atoms with Crippen molar-refractivity contribution in [3.8, 4) is 22.3 Å². The van der Waals surface area contributed by atoms with Crippen LogP contribution in [-0.4, -0.2) is 0 Å². The molecule has 0 fully saturated rings. The Kier molecular flexibility index (Phi) is 3.57. The first-order valence-electron chi connectivity index (χ1n) is 9.02. The van der Waals surface area contributed by atoms with Gasteiger partial charge in [0.2, 0.25) is 0 Å². The zero-order valence-electron chi connectivity index (χ0n) is 14.4. The molecule has 1 aliphatic rings. The summed E-state index contributed by atoms with van der Waals surface area (Å²) in [5.74, 6) is 0. The molecule has 0 saturated carbocycles. The van der Waals surface area contributed by atoms with Crippen LogP contribution in [0.3, 0.4) is 0 Å². The van der Waals surface area contributed by atoms with E-state index in [9.17, 15) is 0 Å². The van der Waals surface area contributed by atoms with E-state index in [4.69, 9.17) is 0 Å². The molecule has 0 spiro atoms. The summed E-state index contributed by atoms with van der Waals surface area (Å²) < 4.78 is 0. The van der Waals surface area contributed by atoms with Gasteiger partial charge in [-0.3, -0.25) is 0 Å². The van der Waals surface area contributed by atoms with Gasteiger partial charge in [-0.25, -0.2) is 0 Å². The molecule has 26 heavy (non-hydrogen) atoms. The van der Waals surface area contributed by atoms with Crippen molar-refractivity contribution in [1.82, 2.24) is 0 Å². The van der Waals surface area contributed by atoms with Gasteiger partial charge < -0.3 is 5.32 Å². The molecule has 124 valence electrons. The van der Waals surface area contributed by atoms with Crippen LogP contribution in [0.5, 0.6) is 0 Å². The van der Waals surface area contributed by atoms with E-state index in [0.29, 0.717) is 0 Å². The molecule has 0 heterocycles. The summed E-state index contributed by atoms with van der Waals surface area (Å²) in [6.45, 7) is 0. The van der Waals surface area contributed by atoms with Crippen molar-refractivity contribution in [2.24, 2.45) is 0 Å².